The molecule has 116 valence electrons. The standard InChI is InChI=1S/C18H13ClINO2/c19-16-9-15(20)5-4-13(16)10-23-17(22)12-2-1-3-14(8-12)18(11-21)6-7-18/h1-5,8-9H,6-7,10H2. The van der Waals surface area contributed by atoms with Crippen molar-refractivity contribution in [3.05, 3.63) is 67.7 Å². The van der Waals surface area contributed by atoms with Gasteiger partial charge in [-0.05, 0) is 65.3 Å². The molecule has 0 aliphatic heterocycles. The highest BCUT2D eigenvalue weighted by molar-refractivity contribution is 14.1. The minimum absolute atomic E-state index is 0.127. The number of rotatable bonds is 4. The number of halogens is 2. The van der Waals surface area contributed by atoms with Crippen LogP contribution in [0.3, 0.4) is 0 Å². The van der Waals surface area contributed by atoms with Gasteiger partial charge in [0.25, 0.3) is 0 Å². The summed E-state index contributed by atoms with van der Waals surface area (Å²) in [6, 6.07) is 15.1. The lowest BCUT2D eigenvalue weighted by Crippen LogP contribution is -2.08. The highest BCUT2D eigenvalue weighted by atomic mass is 127. The zero-order chi connectivity index (χ0) is 16.4. The molecule has 0 bridgehead atoms. The molecule has 0 atom stereocenters. The molecule has 1 saturated carbocycles. The molecule has 0 amide bonds. The Labute approximate surface area is 153 Å². The van der Waals surface area contributed by atoms with Gasteiger partial charge in [0.2, 0.25) is 0 Å². The van der Waals surface area contributed by atoms with Crippen molar-refractivity contribution in [1.29, 1.82) is 5.26 Å². The molecule has 0 radical (unpaired) electrons. The average molecular weight is 438 g/mol. The number of ether oxygens (including phenoxy) is 1. The maximum absolute atomic E-state index is 12.2. The molecule has 0 saturated heterocycles. The van der Waals surface area contributed by atoms with Gasteiger partial charge in [0.1, 0.15) is 6.61 Å². The molecule has 23 heavy (non-hydrogen) atoms. The van der Waals surface area contributed by atoms with Gasteiger partial charge in [-0.1, -0.05) is 29.8 Å². The molecule has 0 unspecified atom stereocenters. The van der Waals surface area contributed by atoms with Crippen molar-refractivity contribution < 1.29 is 9.53 Å². The first-order chi connectivity index (χ1) is 11.0. The van der Waals surface area contributed by atoms with Crippen molar-refractivity contribution in [3.63, 3.8) is 0 Å². The monoisotopic (exact) mass is 437 g/mol. The van der Waals surface area contributed by atoms with Gasteiger partial charge < -0.3 is 4.74 Å². The molecule has 3 nitrogen and oxygen atoms in total. The van der Waals surface area contributed by atoms with E-state index >= 15 is 0 Å². The van der Waals surface area contributed by atoms with Crippen molar-refractivity contribution >= 4 is 40.2 Å². The second-order valence-corrected chi connectivity index (χ2v) is 7.24. The molecule has 1 aliphatic rings. The summed E-state index contributed by atoms with van der Waals surface area (Å²) in [6.07, 6.45) is 1.69. The lowest BCUT2D eigenvalue weighted by molar-refractivity contribution is 0.0472. The fraction of sp³-hybridized carbons (Fsp3) is 0.222. The highest BCUT2D eigenvalue weighted by Gasteiger charge is 2.45. The Morgan fingerprint density at radius 2 is 2.09 bits per heavy atom. The molecule has 2 aromatic rings. The van der Waals surface area contributed by atoms with Crippen molar-refractivity contribution in [3.8, 4) is 6.07 Å². The first-order valence-corrected chi connectivity index (χ1v) is 8.63. The quantitative estimate of drug-likeness (QED) is 0.507. The Balaban J connectivity index is 1.72. The van der Waals surface area contributed by atoms with Crippen LogP contribution >= 0.6 is 34.2 Å². The smallest absolute Gasteiger partial charge is 0.338 e. The Morgan fingerprint density at radius 1 is 1.30 bits per heavy atom. The maximum atomic E-state index is 12.2. The van der Waals surface area contributed by atoms with Crippen LogP contribution in [0.5, 0.6) is 0 Å². The van der Waals surface area contributed by atoms with Crippen molar-refractivity contribution in [1.82, 2.24) is 0 Å². The number of esters is 1. The molecular formula is C18H13ClINO2. The zero-order valence-corrected chi connectivity index (χ0v) is 15.1. The van der Waals surface area contributed by atoms with Crippen LogP contribution in [0.4, 0.5) is 0 Å². The van der Waals surface area contributed by atoms with Gasteiger partial charge in [0.15, 0.2) is 0 Å². The largest absolute Gasteiger partial charge is 0.457 e. The Kier molecular flexibility index (Phi) is 4.60. The van der Waals surface area contributed by atoms with Gasteiger partial charge in [-0.25, -0.2) is 4.79 Å². The lowest BCUT2D eigenvalue weighted by Gasteiger charge is -2.10. The second-order valence-electron chi connectivity index (χ2n) is 5.59. The molecule has 2 aromatic carbocycles. The number of hydrogen-bond donors (Lipinski definition) is 0. The lowest BCUT2D eigenvalue weighted by atomic mass is 9.96. The van der Waals surface area contributed by atoms with Crippen molar-refractivity contribution in [2.24, 2.45) is 0 Å². The fourth-order valence-electron chi connectivity index (χ4n) is 2.40. The molecule has 0 N–H and O–H groups in total. The average Bonchev–Trinajstić information content (AvgIpc) is 3.35. The number of benzene rings is 2. The van der Waals surface area contributed by atoms with Gasteiger partial charge in [-0.15, -0.1) is 0 Å². The molecule has 3 rings (SSSR count). The molecule has 0 spiro atoms. The molecule has 5 heteroatoms. The summed E-state index contributed by atoms with van der Waals surface area (Å²) in [7, 11) is 0. The summed E-state index contributed by atoms with van der Waals surface area (Å²) >= 11 is 8.31. The van der Waals surface area contributed by atoms with Gasteiger partial charge in [0.05, 0.1) is 17.0 Å². The van der Waals surface area contributed by atoms with Crippen LogP contribution in [0.1, 0.15) is 34.3 Å². The molecule has 1 fully saturated rings. The highest BCUT2D eigenvalue weighted by Crippen LogP contribution is 2.47. The predicted octanol–water partition coefficient (Wildman–Crippen LogP) is 4.86. The SMILES string of the molecule is N#CC1(c2cccc(C(=O)OCc3ccc(I)cc3Cl)c2)CC1. The third kappa shape index (κ3) is 3.51. The van der Waals surface area contributed by atoms with E-state index in [4.69, 9.17) is 16.3 Å². The zero-order valence-electron chi connectivity index (χ0n) is 12.2. The Morgan fingerprint density at radius 3 is 2.74 bits per heavy atom. The molecule has 1 aliphatic carbocycles. The third-order valence-electron chi connectivity index (χ3n) is 3.99. The first-order valence-electron chi connectivity index (χ1n) is 7.17. The maximum Gasteiger partial charge on any atom is 0.338 e. The Hall–Kier alpha value is -1.58. The van der Waals surface area contributed by atoms with Gasteiger partial charge in [-0.3, -0.25) is 0 Å². The molecule has 0 aromatic heterocycles. The van der Waals surface area contributed by atoms with E-state index in [9.17, 15) is 10.1 Å². The van der Waals surface area contributed by atoms with E-state index in [1.165, 1.54) is 0 Å². The van der Waals surface area contributed by atoms with E-state index in [1.54, 1.807) is 18.2 Å². The minimum atomic E-state index is -0.407. The number of nitrogens with zero attached hydrogens (tertiary/aromatic N) is 1. The summed E-state index contributed by atoms with van der Waals surface area (Å²) in [5, 5.41) is 9.85. The summed E-state index contributed by atoms with van der Waals surface area (Å²) in [5.74, 6) is -0.407. The van der Waals surface area contributed by atoms with Crippen LogP contribution in [-0.2, 0) is 16.8 Å². The van der Waals surface area contributed by atoms with Crippen LogP contribution in [0, 0.1) is 14.9 Å². The van der Waals surface area contributed by atoms with Gasteiger partial charge in [0, 0.05) is 14.2 Å². The van der Waals surface area contributed by atoms with E-state index in [-0.39, 0.29) is 6.61 Å². The van der Waals surface area contributed by atoms with Crippen molar-refractivity contribution in [2.45, 2.75) is 24.9 Å². The van der Waals surface area contributed by atoms with E-state index < -0.39 is 11.4 Å². The summed E-state index contributed by atoms with van der Waals surface area (Å²) in [6.45, 7) is 0.127. The summed E-state index contributed by atoms with van der Waals surface area (Å²) in [4.78, 5) is 12.2. The molecule has 0 heterocycles. The molecular weight excluding hydrogens is 425 g/mol. The van der Waals surface area contributed by atoms with Gasteiger partial charge in [-0.2, -0.15) is 5.26 Å². The van der Waals surface area contributed by atoms with Crippen LogP contribution in [0.2, 0.25) is 5.02 Å². The fourth-order valence-corrected chi connectivity index (χ4v) is 3.31. The summed E-state index contributed by atoms with van der Waals surface area (Å²) < 4.78 is 6.38. The minimum Gasteiger partial charge on any atom is -0.457 e. The van der Waals surface area contributed by atoms with E-state index in [1.807, 2.05) is 24.3 Å². The summed E-state index contributed by atoms with van der Waals surface area (Å²) in [5.41, 5.74) is 1.72. The topological polar surface area (TPSA) is 50.1 Å². The van der Waals surface area contributed by atoms with E-state index in [2.05, 4.69) is 28.7 Å². The number of hydrogen-bond acceptors (Lipinski definition) is 3. The predicted molar refractivity (Wildman–Crippen MR) is 96.3 cm³/mol. The van der Waals surface area contributed by atoms with E-state index in [0.29, 0.717) is 10.6 Å². The van der Waals surface area contributed by atoms with Crippen molar-refractivity contribution in [2.75, 3.05) is 0 Å². The van der Waals surface area contributed by atoms with Crippen LogP contribution in [-0.4, -0.2) is 5.97 Å². The number of carbonyl (C=O) groups excluding carboxylic acids is 1. The van der Waals surface area contributed by atoms with E-state index in [0.717, 1.165) is 27.5 Å². The normalized spacial score (nSPS) is 14.8. The van der Waals surface area contributed by atoms with Crippen LogP contribution < -0.4 is 0 Å². The third-order valence-corrected chi connectivity index (χ3v) is 5.01. The number of nitriles is 1. The first kappa shape index (κ1) is 16.3. The number of carbonyl (C=O) groups is 1. The van der Waals surface area contributed by atoms with Crippen LogP contribution in [0.15, 0.2) is 42.5 Å². The van der Waals surface area contributed by atoms with Gasteiger partial charge >= 0.3 is 5.97 Å². The Bertz CT molecular complexity index is 809. The second kappa shape index (κ2) is 6.50. The van der Waals surface area contributed by atoms with Crippen LogP contribution in [0.25, 0.3) is 0 Å².